The fourth-order valence-electron chi connectivity index (χ4n) is 1.19. The zero-order chi connectivity index (χ0) is 11.3. The minimum absolute atomic E-state index is 0.286. The first kappa shape index (κ1) is 12.1. The van der Waals surface area contributed by atoms with Crippen molar-refractivity contribution in [3.8, 4) is 0 Å². The average molecular weight is 240 g/mol. The Kier molecular flexibility index (Phi) is 4.24. The van der Waals surface area contributed by atoms with Gasteiger partial charge in [-0.3, -0.25) is 4.55 Å². The van der Waals surface area contributed by atoms with Gasteiger partial charge in [0.2, 0.25) is 0 Å². The number of hydrogen-bond acceptors (Lipinski definition) is 4. The third-order valence-electron chi connectivity index (χ3n) is 1.93. The maximum atomic E-state index is 11.2. The number of rotatable bonds is 6. The summed E-state index contributed by atoms with van der Waals surface area (Å²) in [6.45, 7) is 1.02. The van der Waals surface area contributed by atoms with Crippen molar-refractivity contribution in [2.24, 2.45) is 0 Å². The first-order valence-electron chi connectivity index (χ1n) is 4.54. The van der Waals surface area contributed by atoms with Crippen molar-refractivity contribution < 1.29 is 22.8 Å². The summed E-state index contributed by atoms with van der Waals surface area (Å²) in [7, 11) is -4.04. The molecule has 0 unspecified atom stereocenters. The predicted molar refractivity (Wildman–Crippen MR) is 49.9 cm³/mol. The van der Waals surface area contributed by atoms with Gasteiger partial charge >= 0.3 is 0 Å². The average Bonchev–Trinajstić information content (AvgIpc) is 2.63. The second-order valence-corrected chi connectivity index (χ2v) is 4.73. The summed E-state index contributed by atoms with van der Waals surface area (Å²) in [6.07, 6.45) is 1.90. The Hall–Kier alpha value is -0.930. The largest absolute Gasteiger partial charge is 0.285 e. The Morgan fingerprint density at radius 1 is 1.40 bits per heavy atom. The summed E-state index contributed by atoms with van der Waals surface area (Å²) in [4.78, 5) is 16.2. The van der Waals surface area contributed by atoms with Gasteiger partial charge in [0.15, 0.2) is 0 Å². The molecule has 0 aromatic carbocycles. The Morgan fingerprint density at radius 2 is 2.00 bits per heavy atom. The van der Waals surface area contributed by atoms with Crippen LogP contribution >= 0.6 is 0 Å². The number of nitrogens with zero attached hydrogens (tertiary/aromatic N) is 2. The van der Waals surface area contributed by atoms with E-state index in [0.29, 0.717) is 18.1 Å². The lowest BCUT2D eigenvalue weighted by Gasteiger charge is -2.04. The highest BCUT2D eigenvalue weighted by atomic mass is 32.2. The van der Waals surface area contributed by atoms with Gasteiger partial charge in [-0.15, -0.1) is 5.01 Å². The van der Waals surface area contributed by atoms with Gasteiger partial charge in [-0.1, -0.05) is 0 Å². The van der Waals surface area contributed by atoms with Crippen LogP contribution in [0.1, 0.15) is 12.8 Å². The summed E-state index contributed by atoms with van der Waals surface area (Å²) in [6, 6.07) is 0. The zero-order valence-electron chi connectivity index (χ0n) is 8.13. The molecule has 0 saturated carbocycles. The fourth-order valence-corrected chi connectivity index (χ4v) is 1.48. The van der Waals surface area contributed by atoms with Crippen LogP contribution < -0.4 is 5.59 Å². The Balaban J connectivity index is 2.12. The molecule has 0 spiro atoms. The minimum atomic E-state index is -4.04. The molecule has 15 heavy (non-hydrogen) atoms. The maximum Gasteiger partial charge on any atom is 0.274 e. The summed E-state index contributed by atoms with van der Waals surface area (Å²) >= 11 is 0. The van der Waals surface area contributed by atoms with Crippen molar-refractivity contribution in [2.45, 2.75) is 12.8 Å². The molecule has 0 bridgehead atoms. The minimum Gasteiger partial charge on any atom is -0.285 e. The van der Waals surface area contributed by atoms with E-state index in [1.54, 1.807) is 0 Å². The van der Waals surface area contributed by atoms with Gasteiger partial charge < -0.3 is 0 Å². The molecule has 9 heteroatoms. The van der Waals surface area contributed by atoms with Crippen LogP contribution in [-0.2, 0) is 15.0 Å². The SMILES string of the molecule is O=[N+](NOCCS(=O)(=O)O)N1CCCC1. The molecule has 1 heterocycles. The van der Waals surface area contributed by atoms with Crippen LogP contribution in [0, 0.1) is 4.91 Å². The van der Waals surface area contributed by atoms with Crippen molar-refractivity contribution in [3.05, 3.63) is 4.91 Å². The van der Waals surface area contributed by atoms with Crippen molar-refractivity contribution in [3.63, 3.8) is 0 Å². The monoisotopic (exact) mass is 240 g/mol. The highest BCUT2D eigenvalue weighted by molar-refractivity contribution is 7.85. The molecule has 0 aromatic rings. The molecule has 2 N–H and O–H groups in total. The first-order valence-corrected chi connectivity index (χ1v) is 6.15. The number of nitrogens with one attached hydrogen (secondary N) is 1. The van der Waals surface area contributed by atoms with E-state index in [1.165, 1.54) is 5.01 Å². The molecule has 1 aliphatic heterocycles. The quantitative estimate of drug-likeness (QED) is 0.268. The number of hydrogen-bond donors (Lipinski definition) is 2. The lowest BCUT2D eigenvalue weighted by Crippen LogP contribution is -2.40. The highest BCUT2D eigenvalue weighted by Crippen LogP contribution is 2.05. The molecule has 1 saturated heterocycles. The van der Waals surface area contributed by atoms with Gasteiger partial charge in [0.1, 0.15) is 5.75 Å². The van der Waals surface area contributed by atoms with Gasteiger partial charge in [0.05, 0.1) is 24.6 Å². The van der Waals surface area contributed by atoms with Crippen LogP contribution in [0.4, 0.5) is 0 Å². The molecule has 1 fully saturated rings. The molecular formula is C6H14N3O5S+. The molecule has 88 valence electrons. The van der Waals surface area contributed by atoms with E-state index in [4.69, 9.17) is 4.55 Å². The molecule has 0 aliphatic carbocycles. The maximum absolute atomic E-state index is 11.2. The molecule has 0 amide bonds. The third kappa shape index (κ3) is 4.91. The van der Waals surface area contributed by atoms with Gasteiger partial charge in [0, 0.05) is 5.59 Å². The second kappa shape index (κ2) is 5.24. The van der Waals surface area contributed by atoms with E-state index in [2.05, 4.69) is 4.84 Å². The van der Waals surface area contributed by atoms with Crippen molar-refractivity contribution in [1.82, 2.24) is 10.6 Å². The first-order chi connectivity index (χ1) is 6.99. The Labute approximate surface area is 87.4 Å². The van der Waals surface area contributed by atoms with Crippen LogP contribution in [0.15, 0.2) is 0 Å². The molecule has 8 nitrogen and oxygen atoms in total. The van der Waals surface area contributed by atoms with Crippen molar-refractivity contribution in [1.29, 1.82) is 0 Å². The third-order valence-corrected chi connectivity index (χ3v) is 2.61. The van der Waals surface area contributed by atoms with Crippen LogP contribution in [0.3, 0.4) is 0 Å². The predicted octanol–water partition coefficient (Wildman–Crippen LogP) is -0.900. The van der Waals surface area contributed by atoms with Crippen LogP contribution in [-0.4, -0.2) is 48.4 Å². The van der Waals surface area contributed by atoms with Gasteiger partial charge in [-0.25, -0.2) is 4.84 Å². The summed E-state index contributed by atoms with van der Waals surface area (Å²) in [5.74, 6) is -0.548. The molecule has 1 aliphatic rings. The lowest BCUT2D eigenvalue weighted by atomic mass is 10.4. The van der Waals surface area contributed by atoms with E-state index >= 15 is 0 Å². The highest BCUT2D eigenvalue weighted by Gasteiger charge is 2.25. The summed E-state index contributed by atoms with van der Waals surface area (Å²) in [5.41, 5.74) is 2.03. The van der Waals surface area contributed by atoms with Gasteiger partial charge in [-0.05, 0) is 12.8 Å². The van der Waals surface area contributed by atoms with Crippen molar-refractivity contribution in [2.75, 3.05) is 25.4 Å². The van der Waals surface area contributed by atoms with E-state index in [9.17, 15) is 13.3 Å². The summed E-state index contributed by atoms with van der Waals surface area (Å²) in [5, 5.41) is 1.49. The van der Waals surface area contributed by atoms with E-state index < -0.39 is 15.9 Å². The van der Waals surface area contributed by atoms with Crippen LogP contribution in [0.2, 0.25) is 0 Å². The van der Waals surface area contributed by atoms with E-state index in [0.717, 1.165) is 12.8 Å². The topological polar surface area (TPSA) is 99.0 Å². The smallest absolute Gasteiger partial charge is 0.274 e. The zero-order valence-corrected chi connectivity index (χ0v) is 8.94. The molecule has 0 aromatic heterocycles. The summed E-state index contributed by atoms with van der Waals surface area (Å²) < 4.78 is 28.9. The van der Waals surface area contributed by atoms with Crippen molar-refractivity contribution >= 4 is 10.1 Å². The standard InChI is InChI=1S/C6H13N3O5S/c10-9(8-3-1-2-4-8)7-14-5-6-15(11,12)13/h1-6H2,(H-,7,10,11,12,13)/p+1. The number of nitroso groups, excluding NO2 is 1. The van der Waals surface area contributed by atoms with Gasteiger partial charge in [0.25, 0.3) is 15.1 Å². The normalized spacial score (nSPS) is 16.7. The number of hydrazine groups is 2. The molecule has 0 radical (unpaired) electrons. The van der Waals surface area contributed by atoms with Crippen LogP contribution in [0.5, 0.6) is 0 Å². The molecule has 0 atom stereocenters. The van der Waals surface area contributed by atoms with E-state index in [1.807, 2.05) is 5.59 Å². The van der Waals surface area contributed by atoms with Crippen LogP contribution in [0.25, 0.3) is 0 Å². The van der Waals surface area contributed by atoms with E-state index in [-0.39, 0.29) is 6.61 Å². The Bertz CT molecular complexity index is 311. The Morgan fingerprint density at radius 3 is 2.53 bits per heavy atom. The molecular weight excluding hydrogens is 226 g/mol. The fraction of sp³-hybridized carbons (Fsp3) is 1.00. The molecule has 1 rings (SSSR count). The second-order valence-electron chi connectivity index (χ2n) is 3.16. The lowest BCUT2D eigenvalue weighted by molar-refractivity contribution is -0.785. The van der Waals surface area contributed by atoms with Gasteiger partial charge in [-0.2, -0.15) is 8.42 Å².